The molecule has 1 atom stereocenters. The van der Waals surface area contributed by atoms with Crippen LogP contribution in [0.2, 0.25) is 10.6 Å². The van der Waals surface area contributed by atoms with Gasteiger partial charge in [-0.05, 0) is 19.8 Å². The van der Waals surface area contributed by atoms with Crippen LogP contribution in [-0.2, 0) is 8.85 Å². The van der Waals surface area contributed by atoms with Crippen molar-refractivity contribution in [3.8, 4) is 0 Å². The molecule has 0 heterocycles. The first-order chi connectivity index (χ1) is 7.80. The van der Waals surface area contributed by atoms with Gasteiger partial charge in [-0.25, -0.2) is 0 Å². The van der Waals surface area contributed by atoms with Crippen LogP contribution in [-0.4, -0.2) is 21.8 Å². The average Bonchev–Trinajstić information content (AvgIpc) is 2.27. The summed E-state index contributed by atoms with van der Waals surface area (Å²) in [6, 6.07) is 0. The van der Waals surface area contributed by atoms with E-state index in [2.05, 4.69) is 55.4 Å². The minimum absolute atomic E-state index is 0.133. The van der Waals surface area contributed by atoms with E-state index in [9.17, 15) is 0 Å². The van der Waals surface area contributed by atoms with E-state index in [4.69, 9.17) is 8.85 Å². The Morgan fingerprint density at radius 1 is 0.941 bits per heavy atom. The van der Waals surface area contributed by atoms with Gasteiger partial charge in [0.05, 0.1) is 0 Å². The lowest BCUT2D eigenvalue weighted by molar-refractivity contribution is 0.135. The van der Waals surface area contributed by atoms with Crippen LogP contribution in [0.25, 0.3) is 0 Å². The van der Waals surface area contributed by atoms with Crippen molar-refractivity contribution in [1.29, 1.82) is 0 Å². The largest absolute Gasteiger partial charge is 0.394 e. The Morgan fingerprint density at radius 3 is 1.59 bits per heavy atom. The molecule has 0 aliphatic rings. The highest BCUT2D eigenvalue weighted by atomic mass is 28.4. The monoisotopic (exact) mass is 260 g/mol. The van der Waals surface area contributed by atoms with E-state index in [1.165, 1.54) is 0 Å². The second kappa shape index (κ2) is 6.91. The second-order valence-electron chi connectivity index (χ2n) is 5.72. The van der Waals surface area contributed by atoms with E-state index >= 15 is 0 Å². The van der Waals surface area contributed by atoms with Gasteiger partial charge in [0.2, 0.25) is 0 Å². The smallest absolute Gasteiger partial charge is 0.347 e. The zero-order valence-corrected chi connectivity index (χ0v) is 14.1. The maximum atomic E-state index is 6.27. The summed E-state index contributed by atoms with van der Waals surface area (Å²) in [6.07, 6.45) is 1.13. The highest BCUT2D eigenvalue weighted by molar-refractivity contribution is 6.72. The van der Waals surface area contributed by atoms with Crippen LogP contribution in [0, 0.1) is 5.92 Å². The number of hydrogen-bond donors (Lipinski definition) is 0. The van der Waals surface area contributed by atoms with Gasteiger partial charge in [-0.2, -0.15) is 0 Å². The molecule has 0 aromatic heterocycles. The van der Waals surface area contributed by atoms with Gasteiger partial charge in [-0.15, -0.1) is 0 Å². The fourth-order valence-corrected chi connectivity index (χ4v) is 7.30. The molecule has 0 radical (unpaired) electrons. The molecule has 2 nitrogen and oxygen atoms in total. The molecule has 104 valence electrons. The zero-order valence-electron chi connectivity index (χ0n) is 13.1. The van der Waals surface area contributed by atoms with Crippen LogP contribution < -0.4 is 0 Å². The van der Waals surface area contributed by atoms with Crippen LogP contribution in [0.5, 0.6) is 0 Å². The molecule has 0 rings (SSSR count). The molecule has 0 aliphatic heterocycles. The number of rotatable bonds is 8. The van der Waals surface area contributed by atoms with E-state index < -0.39 is 8.56 Å². The topological polar surface area (TPSA) is 18.5 Å². The maximum absolute atomic E-state index is 6.27. The summed E-state index contributed by atoms with van der Waals surface area (Å²) in [5, 5.41) is 0.133. The standard InChI is InChI=1S/C14H32O2Si/c1-9-13(6)17(15-10-2,16-11-3)14(7,8)12(4)5/h12-13H,9-11H2,1-8H3. The van der Waals surface area contributed by atoms with Crippen molar-refractivity contribution < 1.29 is 8.85 Å². The Hall–Kier alpha value is 0.137. The molecule has 0 saturated carbocycles. The van der Waals surface area contributed by atoms with Gasteiger partial charge in [0, 0.05) is 23.8 Å². The van der Waals surface area contributed by atoms with Crippen molar-refractivity contribution in [2.24, 2.45) is 5.92 Å². The summed E-state index contributed by atoms with van der Waals surface area (Å²) in [4.78, 5) is 0. The first-order valence-electron chi connectivity index (χ1n) is 7.07. The Morgan fingerprint density at radius 2 is 1.35 bits per heavy atom. The normalized spacial score (nSPS) is 15.4. The second-order valence-corrected chi connectivity index (χ2v) is 9.91. The molecule has 0 N–H and O–H groups in total. The molecular formula is C14H32O2Si. The highest BCUT2D eigenvalue weighted by Crippen LogP contribution is 2.51. The molecule has 0 spiro atoms. The summed E-state index contributed by atoms with van der Waals surface area (Å²) in [6.45, 7) is 19.4. The Labute approximate surface area is 109 Å². The summed E-state index contributed by atoms with van der Waals surface area (Å²) in [7, 11) is -2.19. The van der Waals surface area contributed by atoms with E-state index in [-0.39, 0.29) is 5.04 Å². The quantitative estimate of drug-likeness (QED) is 0.587. The van der Waals surface area contributed by atoms with Crippen molar-refractivity contribution in [3.05, 3.63) is 0 Å². The zero-order chi connectivity index (χ0) is 13.7. The third-order valence-electron chi connectivity index (χ3n) is 4.32. The number of hydrogen-bond acceptors (Lipinski definition) is 2. The van der Waals surface area contributed by atoms with Crippen LogP contribution in [0.1, 0.15) is 61.8 Å². The first-order valence-corrected chi connectivity index (χ1v) is 8.97. The fraction of sp³-hybridized carbons (Fsp3) is 1.00. The molecule has 0 aromatic carbocycles. The first kappa shape index (κ1) is 17.1. The van der Waals surface area contributed by atoms with E-state index in [1.807, 2.05) is 0 Å². The Kier molecular flexibility index (Phi) is 6.96. The molecule has 1 unspecified atom stereocenters. The lowest BCUT2D eigenvalue weighted by atomic mass is 9.99. The van der Waals surface area contributed by atoms with Crippen LogP contribution in [0.4, 0.5) is 0 Å². The van der Waals surface area contributed by atoms with Crippen molar-refractivity contribution >= 4 is 8.56 Å². The van der Waals surface area contributed by atoms with Gasteiger partial charge in [0.25, 0.3) is 0 Å². The van der Waals surface area contributed by atoms with Gasteiger partial charge < -0.3 is 8.85 Å². The van der Waals surface area contributed by atoms with Crippen molar-refractivity contribution in [2.75, 3.05) is 13.2 Å². The van der Waals surface area contributed by atoms with Crippen molar-refractivity contribution in [2.45, 2.75) is 72.4 Å². The van der Waals surface area contributed by atoms with Crippen LogP contribution >= 0.6 is 0 Å². The SMILES string of the molecule is CCO[Si](OCC)(C(C)CC)C(C)(C)C(C)C. The molecule has 0 fully saturated rings. The summed E-state index contributed by atoms with van der Waals surface area (Å²) in [5.74, 6) is 0.571. The van der Waals surface area contributed by atoms with E-state index in [0.29, 0.717) is 11.5 Å². The fourth-order valence-electron chi connectivity index (χ4n) is 2.43. The summed E-state index contributed by atoms with van der Waals surface area (Å²) in [5.41, 5.74) is 0.528. The van der Waals surface area contributed by atoms with Crippen LogP contribution in [0.15, 0.2) is 0 Å². The van der Waals surface area contributed by atoms with Crippen molar-refractivity contribution in [1.82, 2.24) is 0 Å². The van der Waals surface area contributed by atoms with Gasteiger partial charge >= 0.3 is 8.56 Å². The highest BCUT2D eigenvalue weighted by Gasteiger charge is 2.56. The average molecular weight is 260 g/mol. The minimum atomic E-state index is -2.19. The summed E-state index contributed by atoms with van der Waals surface area (Å²) < 4.78 is 12.5. The van der Waals surface area contributed by atoms with E-state index in [1.54, 1.807) is 0 Å². The van der Waals surface area contributed by atoms with E-state index in [0.717, 1.165) is 19.6 Å². The molecule has 17 heavy (non-hydrogen) atoms. The lowest BCUT2D eigenvalue weighted by Crippen LogP contribution is -2.56. The molecule has 0 bridgehead atoms. The molecule has 0 aliphatic carbocycles. The van der Waals surface area contributed by atoms with Gasteiger partial charge in [-0.3, -0.25) is 0 Å². The summed E-state index contributed by atoms with van der Waals surface area (Å²) >= 11 is 0. The van der Waals surface area contributed by atoms with Crippen LogP contribution in [0.3, 0.4) is 0 Å². The predicted molar refractivity (Wildman–Crippen MR) is 77.6 cm³/mol. The molecule has 0 saturated heterocycles. The third kappa shape index (κ3) is 3.33. The Bertz CT molecular complexity index is 208. The lowest BCUT2D eigenvalue weighted by Gasteiger charge is -2.48. The molecular weight excluding hydrogens is 228 g/mol. The third-order valence-corrected chi connectivity index (χ3v) is 9.83. The Balaban J connectivity index is 5.43. The molecule has 3 heteroatoms. The maximum Gasteiger partial charge on any atom is 0.347 e. The van der Waals surface area contributed by atoms with Gasteiger partial charge in [0.15, 0.2) is 0 Å². The molecule has 0 aromatic rings. The molecule has 0 amide bonds. The minimum Gasteiger partial charge on any atom is -0.394 e. The van der Waals surface area contributed by atoms with Gasteiger partial charge in [0.1, 0.15) is 0 Å². The van der Waals surface area contributed by atoms with Gasteiger partial charge in [-0.1, -0.05) is 48.0 Å². The van der Waals surface area contributed by atoms with Crippen molar-refractivity contribution in [3.63, 3.8) is 0 Å². The predicted octanol–water partition coefficient (Wildman–Crippen LogP) is 4.74.